The topological polar surface area (TPSA) is 67.2 Å². The van der Waals surface area contributed by atoms with Gasteiger partial charge in [-0.3, -0.25) is 10.1 Å². The van der Waals surface area contributed by atoms with Gasteiger partial charge in [-0.2, -0.15) is 4.98 Å². The Kier molecular flexibility index (Phi) is 4.20. The van der Waals surface area contributed by atoms with Gasteiger partial charge in [0.25, 0.3) is 0 Å². The maximum atomic E-state index is 11.9. The fraction of sp³-hybridized carbons (Fsp3) is 0.125. The molecule has 0 saturated heterocycles. The first-order valence-corrected chi connectivity index (χ1v) is 7.72. The van der Waals surface area contributed by atoms with Gasteiger partial charge >= 0.3 is 6.01 Å². The summed E-state index contributed by atoms with van der Waals surface area (Å²) in [5, 5.41) is 7.55. The Hall–Kier alpha value is -2.60. The summed E-state index contributed by atoms with van der Waals surface area (Å²) in [4.78, 5) is 17.3. The average molecular weight is 313 g/mol. The Bertz CT molecular complexity index is 760. The predicted octanol–water partition coefficient (Wildman–Crippen LogP) is 3.52. The van der Waals surface area contributed by atoms with E-state index in [4.69, 9.17) is 4.42 Å². The van der Waals surface area contributed by atoms with E-state index in [2.05, 4.69) is 22.2 Å². The zero-order valence-corrected chi connectivity index (χ0v) is 12.7. The van der Waals surface area contributed by atoms with Crippen molar-refractivity contribution in [3.05, 3.63) is 59.1 Å². The number of aromatic nitrogens is 1. The highest BCUT2D eigenvalue weighted by Gasteiger charge is 2.08. The molecule has 0 saturated carbocycles. The number of rotatable bonds is 6. The second-order valence-corrected chi connectivity index (χ2v) is 5.75. The fourth-order valence-corrected chi connectivity index (χ4v) is 2.72. The third-order valence-corrected chi connectivity index (χ3v) is 3.96. The van der Waals surface area contributed by atoms with Crippen LogP contribution in [0.2, 0.25) is 0 Å². The molecule has 2 aromatic heterocycles. The molecule has 0 unspecified atom stereocenters. The van der Waals surface area contributed by atoms with E-state index >= 15 is 0 Å². The zero-order valence-electron chi connectivity index (χ0n) is 11.8. The first kappa shape index (κ1) is 14.3. The average Bonchev–Trinajstić information content (AvgIpc) is 3.13. The van der Waals surface area contributed by atoms with Crippen LogP contribution in [0.1, 0.15) is 11.3 Å². The second-order valence-electron chi connectivity index (χ2n) is 4.72. The monoisotopic (exact) mass is 313 g/mol. The van der Waals surface area contributed by atoms with Crippen LogP contribution in [-0.2, 0) is 11.2 Å². The number of thiophene rings is 1. The number of hydrogen-bond acceptors (Lipinski definition) is 5. The number of benzene rings is 1. The lowest BCUT2D eigenvalue weighted by atomic mass is 10.2. The van der Waals surface area contributed by atoms with E-state index in [9.17, 15) is 4.79 Å². The molecule has 22 heavy (non-hydrogen) atoms. The number of nitrogens with one attached hydrogen (secondary N) is 2. The highest BCUT2D eigenvalue weighted by molar-refractivity contribution is 7.09. The lowest BCUT2D eigenvalue weighted by Crippen LogP contribution is -2.26. The van der Waals surface area contributed by atoms with Crippen molar-refractivity contribution in [1.82, 2.24) is 10.3 Å². The lowest BCUT2D eigenvalue weighted by molar-refractivity contribution is -0.120. The number of para-hydroxylation sites is 2. The Morgan fingerprint density at radius 3 is 2.91 bits per heavy atom. The van der Waals surface area contributed by atoms with E-state index in [-0.39, 0.29) is 5.91 Å². The van der Waals surface area contributed by atoms with Crippen LogP contribution in [-0.4, -0.2) is 10.9 Å². The minimum absolute atomic E-state index is 0.0954. The van der Waals surface area contributed by atoms with Crippen LogP contribution in [0.3, 0.4) is 0 Å². The largest absolute Gasteiger partial charge is 0.423 e. The second kappa shape index (κ2) is 6.44. The molecule has 2 heterocycles. The van der Waals surface area contributed by atoms with Gasteiger partial charge in [0.1, 0.15) is 11.3 Å². The molecule has 0 fully saturated rings. The van der Waals surface area contributed by atoms with Gasteiger partial charge in [-0.1, -0.05) is 24.8 Å². The first-order chi connectivity index (χ1) is 10.7. The van der Waals surface area contributed by atoms with Crippen LogP contribution in [0.5, 0.6) is 0 Å². The molecule has 0 atom stereocenters. The highest BCUT2D eigenvalue weighted by Crippen LogP contribution is 2.18. The molecule has 1 aromatic carbocycles. The fourth-order valence-electron chi connectivity index (χ4n) is 2.01. The minimum atomic E-state index is -0.0954. The molecule has 5 nitrogen and oxygen atoms in total. The maximum absolute atomic E-state index is 11.9. The molecule has 1 amide bonds. The van der Waals surface area contributed by atoms with Gasteiger partial charge in [0.15, 0.2) is 5.58 Å². The molecule has 0 aliphatic rings. The number of amides is 1. The number of aryl methyl sites for hydroxylation is 1. The van der Waals surface area contributed by atoms with Crippen LogP contribution in [0, 0.1) is 0 Å². The number of fused-ring (bicyclic) bond motifs is 1. The number of hydrogen-bond donors (Lipinski definition) is 2. The van der Waals surface area contributed by atoms with E-state index in [0.717, 1.165) is 11.9 Å². The van der Waals surface area contributed by atoms with Gasteiger partial charge in [0.05, 0.1) is 0 Å². The van der Waals surface area contributed by atoms with Gasteiger partial charge in [-0.15, -0.1) is 11.3 Å². The summed E-state index contributed by atoms with van der Waals surface area (Å²) in [6.45, 7) is 3.76. The van der Waals surface area contributed by atoms with E-state index in [1.807, 2.05) is 41.8 Å². The van der Waals surface area contributed by atoms with Crippen molar-refractivity contribution in [2.75, 3.05) is 5.32 Å². The van der Waals surface area contributed by atoms with Crippen LogP contribution in [0.25, 0.3) is 11.1 Å². The molecule has 0 radical (unpaired) electrons. The van der Waals surface area contributed by atoms with Crippen molar-refractivity contribution < 1.29 is 9.21 Å². The highest BCUT2D eigenvalue weighted by atomic mass is 32.1. The van der Waals surface area contributed by atoms with Crippen molar-refractivity contribution >= 4 is 34.4 Å². The Balaban J connectivity index is 1.52. The molecule has 6 heteroatoms. The van der Waals surface area contributed by atoms with Crippen LogP contribution in [0.4, 0.5) is 6.01 Å². The summed E-state index contributed by atoms with van der Waals surface area (Å²) in [5.41, 5.74) is 1.43. The molecule has 2 N–H and O–H groups in total. The molecule has 0 aliphatic carbocycles. The van der Waals surface area contributed by atoms with Crippen molar-refractivity contribution in [2.24, 2.45) is 0 Å². The number of carbonyl (C=O) groups excluding carboxylic acids is 1. The smallest absolute Gasteiger partial charge is 0.301 e. The van der Waals surface area contributed by atoms with Crippen molar-refractivity contribution in [3.8, 4) is 0 Å². The van der Waals surface area contributed by atoms with Gasteiger partial charge in [-0.25, -0.2) is 0 Å². The Morgan fingerprint density at radius 2 is 2.14 bits per heavy atom. The molecule has 0 bridgehead atoms. The van der Waals surface area contributed by atoms with Crippen molar-refractivity contribution in [3.63, 3.8) is 0 Å². The summed E-state index contributed by atoms with van der Waals surface area (Å²) < 4.78 is 5.51. The van der Waals surface area contributed by atoms with E-state index in [1.54, 1.807) is 11.3 Å². The zero-order chi connectivity index (χ0) is 15.4. The summed E-state index contributed by atoms with van der Waals surface area (Å²) in [7, 11) is 0. The normalized spacial score (nSPS) is 10.5. The quantitative estimate of drug-likeness (QED) is 0.730. The van der Waals surface area contributed by atoms with Crippen LogP contribution < -0.4 is 10.6 Å². The van der Waals surface area contributed by atoms with Crippen molar-refractivity contribution in [1.29, 1.82) is 0 Å². The standard InChI is InChI=1S/C16H15N3O2S/c1-11(17-15(20)9-8-12-5-4-10-22-12)18-16-19-13-6-2-3-7-14(13)21-16/h2-7,10H,1,8-9H2,(H,17,20)(H,18,19). The number of anilines is 1. The maximum Gasteiger partial charge on any atom is 0.301 e. The van der Waals surface area contributed by atoms with Gasteiger partial charge in [-0.05, 0) is 30.0 Å². The number of oxazole rings is 1. The minimum Gasteiger partial charge on any atom is -0.423 e. The molecule has 0 spiro atoms. The predicted molar refractivity (Wildman–Crippen MR) is 87.6 cm³/mol. The van der Waals surface area contributed by atoms with Crippen molar-refractivity contribution in [2.45, 2.75) is 12.8 Å². The van der Waals surface area contributed by atoms with E-state index in [0.29, 0.717) is 23.8 Å². The third-order valence-electron chi connectivity index (χ3n) is 3.02. The SMILES string of the molecule is C=C(NC(=O)CCc1cccs1)Nc1nc2ccccc2o1. The van der Waals surface area contributed by atoms with E-state index < -0.39 is 0 Å². The van der Waals surface area contributed by atoms with Gasteiger partial charge in [0, 0.05) is 11.3 Å². The molecule has 112 valence electrons. The Morgan fingerprint density at radius 1 is 1.27 bits per heavy atom. The molecule has 3 rings (SSSR count). The first-order valence-electron chi connectivity index (χ1n) is 6.84. The lowest BCUT2D eigenvalue weighted by Gasteiger charge is -2.07. The molecule has 3 aromatic rings. The third kappa shape index (κ3) is 3.53. The summed E-state index contributed by atoms with van der Waals surface area (Å²) in [5.74, 6) is 0.254. The summed E-state index contributed by atoms with van der Waals surface area (Å²) in [6.07, 6.45) is 1.13. The Labute approximate surface area is 131 Å². The van der Waals surface area contributed by atoms with Crippen LogP contribution >= 0.6 is 11.3 Å². The number of nitrogens with zero attached hydrogens (tertiary/aromatic N) is 1. The molecule has 0 aliphatic heterocycles. The van der Waals surface area contributed by atoms with Crippen LogP contribution in [0.15, 0.2) is 58.6 Å². The van der Waals surface area contributed by atoms with Gasteiger partial charge in [0.2, 0.25) is 5.91 Å². The van der Waals surface area contributed by atoms with E-state index in [1.165, 1.54) is 4.88 Å². The summed E-state index contributed by atoms with van der Waals surface area (Å²) >= 11 is 1.65. The summed E-state index contributed by atoms with van der Waals surface area (Å²) in [6, 6.07) is 11.7. The molecular formula is C16H15N3O2S. The number of carbonyl (C=O) groups is 1. The molecular weight excluding hydrogens is 298 g/mol. The van der Waals surface area contributed by atoms with Gasteiger partial charge < -0.3 is 9.73 Å².